The minimum atomic E-state index is 0.515. The third-order valence-corrected chi connectivity index (χ3v) is 4.57. The quantitative estimate of drug-likeness (QED) is 0.305. The van der Waals surface area contributed by atoms with Crippen LogP contribution in [0.2, 0.25) is 0 Å². The van der Waals surface area contributed by atoms with Crippen LogP contribution >= 0.6 is 0 Å². The van der Waals surface area contributed by atoms with Crippen LogP contribution in [0.25, 0.3) is 0 Å². The molecular weight excluding hydrogens is 394 g/mol. The van der Waals surface area contributed by atoms with E-state index in [0.717, 1.165) is 34.9 Å². The summed E-state index contributed by atoms with van der Waals surface area (Å²) in [6.07, 6.45) is 0. The first-order valence-corrected chi connectivity index (χ1v) is 10.6. The molecule has 0 aliphatic rings. The SMILES string of the molecule is CCNC(=NCc1ccc(OC)c(OC)c1)NCc1ccc(C)cc1OCCOCC. The summed E-state index contributed by atoms with van der Waals surface area (Å²) in [5, 5.41) is 6.68. The average molecular weight is 430 g/mol. The van der Waals surface area contributed by atoms with Gasteiger partial charge in [0.05, 0.1) is 27.4 Å². The molecule has 0 bridgehead atoms. The monoisotopic (exact) mass is 429 g/mol. The van der Waals surface area contributed by atoms with Gasteiger partial charge in [0, 0.05) is 25.3 Å². The number of ether oxygens (including phenoxy) is 4. The Morgan fingerprint density at radius 1 is 0.903 bits per heavy atom. The molecule has 7 nitrogen and oxygen atoms in total. The lowest BCUT2D eigenvalue weighted by Gasteiger charge is -2.15. The normalized spacial score (nSPS) is 11.2. The van der Waals surface area contributed by atoms with Crippen LogP contribution in [0.3, 0.4) is 0 Å². The minimum Gasteiger partial charge on any atom is -0.493 e. The molecule has 0 atom stereocenters. The first-order chi connectivity index (χ1) is 15.1. The van der Waals surface area contributed by atoms with E-state index in [-0.39, 0.29) is 0 Å². The van der Waals surface area contributed by atoms with Gasteiger partial charge in [0.15, 0.2) is 17.5 Å². The number of nitrogens with zero attached hydrogens (tertiary/aromatic N) is 1. The predicted octanol–water partition coefficient (Wildman–Crippen LogP) is 3.68. The van der Waals surface area contributed by atoms with E-state index < -0.39 is 0 Å². The van der Waals surface area contributed by atoms with Crippen LogP contribution in [0.4, 0.5) is 0 Å². The zero-order valence-electron chi connectivity index (χ0n) is 19.3. The van der Waals surface area contributed by atoms with Crippen molar-refractivity contribution >= 4 is 5.96 Å². The number of methoxy groups -OCH3 is 2. The van der Waals surface area contributed by atoms with Gasteiger partial charge >= 0.3 is 0 Å². The fourth-order valence-corrected chi connectivity index (χ4v) is 2.97. The Balaban J connectivity index is 2.05. The summed E-state index contributed by atoms with van der Waals surface area (Å²) in [5.41, 5.74) is 3.26. The number of guanidine groups is 1. The van der Waals surface area contributed by atoms with Crippen molar-refractivity contribution < 1.29 is 18.9 Å². The van der Waals surface area contributed by atoms with E-state index in [0.29, 0.717) is 44.4 Å². The maximum absolute atomic E-state index is 5.94. The number of hydrogen-bond donors (Lipinski definition) is 2. The van der Waals surface area contributed by atoms with Crippen LogP contribution in [-0.4, -0.2) is 46.5 Å². The third kappa shape index (κ3) is 8.02. The van der Waals surface area contributed by atoms with E-state index >= 15 is 0 Å². The lowest BCUT2D eigenvalue weighted by atomic mass is 10.1. The molecule has 2 aromatic carbocycles. The Labute approximate surface area is 185 Å². The molecule has 2 N–H and O–H groups in total. The number of aryl methyl sites for hydroxylation is 1. The topological polar surface area (TPSA) is 73.3 Å². The van der Waals surface area contributed by atoms with Gasteiger partial charge < -0.3 is 29.6 Å². The third-order valence-electron chi connectivity index (χ3n) is 4.57. The standard InChI is InChI=1S/C24H35N3O4/c1-6-25-24(26-16-19-9-11-21(28-4)23(15-19)29-5)27-17-20-10-8-18(3)14-22(20)31-13-12-30-7-2/h8-11,14-15H,6-7,12-13,16-17H2,1-5H3,(H2,25,26,27). The van der Waals surface area contributed by atoms with Gasteiger partial charge in [-0.15, -0.1) is 0 Å². The van der Waals surface area contributed by atoms with Gasteiger partial charge in [0.2, 0.25) is 0 Å². The first kappa shape index (κ1) is 24.3. The molecule has 0 saturated carbocycles. The summed E-state index contributed by atoms with van der Waals surface area (Å²) >= 11 is 0. The number of nitrogens with one attached hydrogen (secondary N) is 2. The van der Waals surface area contributed by atoms with E-state index in [1.807, 2.05) is 32.0 Å². The largest absolute Gasteiger partial charge is 0.493 e. The van der Waals surface area contributed by atoms with Crippen LogP contribution < -0.4 is 24.8 Å². The Hall–Kier alpha value is -2.93. The molecule has 31 heavy (non-hydrogen) atoms. The number of benzene rings is 2. The van der Waals surface area contributed by atoms with Crippen molar-refractivity contribution in [2.75, 3.05) is 40.6 Å². The molecule has 0 saturated heterocycles. The van der Waals surface area contributed by atoms with Crippen molar-refractivity contribution in [2.24, 2.45) is 4.99 Å². The highest BCUT2D eigenvalue weighted by atomic mass is 16.5. The molecule has 0 unspecified atom stereocenters. The number of hydrogen-bond acceptors (Lipinski definition) is 5. The van der Waals surface area contributed by atoms with E-state index in [1.54, 1.807) is 14.2 Å². The van der Waals surface area contributed by atoms with Crippen LogP contribution in [0.1, 0.15) is 30.5 Å². The van der Waals surface area contributed by atoms with Gasteiger partial charge in [-0.1, -0.05) is 18.2 Å². The summed E-state index contributed by atoms with van der Waals surface area (Å²) in [7, 11) is 3.26. The molecular formula is C24H35N3O4. The van der Waals surface area contributed by atoms with Crippen LogP contribution in [-0.2, 0) is 17.8 Å². The maximum atomic E-state index is 5.94. The molecule has 170 valence electrons. The average Bonchev–Trinajstić information content (AvgIpc) is 2.79. The highest BCUT2D eigenvalue weighted by Gasteiger charge is 2.07. The zero-order chi connectivity index (χ0) is 22.5. The van der Waals surface area contributed by atoms with Crippen molar-refractivity contribution in [3.05, 3.63) is 53.1 Å². The second kappa shape index (κ2) is 13.4. The van der Waals surface area contributed by atoms with Gasteiger partial charge in [0.25, 0.3) is 0 Å². The van der Waals surface area contributed by atoms with E-state index in [1.165, 1.54) is 0 Å². The van der Waals surface area contributed by atoms with Crippen molar-refractivity contribution in [2.45, 2.75) is 33.9 Å². The number of aliphatic imine (C=N–C) groups is 1. The smallest absolute Gasteiger partial charge is 0.191 e. The first-order valence-electron chi connectivity index (χ1n) is 10.6. The summed E-state index contributed by atoms with van der Waals surface area (Å²) < 4.78 is 22.0. The highest BCUT2D eigenvalue weighted by Crippen LogP contribution is 2.27. The molecule has 0 spiro atoms. The van der Waals surface area contributed by atoms with E-state index in [2.05, 4.69) is 35.8 Å². The lowest BCUT2D eigenvalue weighted by molar-refractivity contribution is 0.110. The summed E-state index contributed by atoms with van der Waals surface area (Å²) in [6.45, 7) is 9.75. The summed E-state index contributed by atoms with van der Waals surface area (Å²) in [4.78, 5) is 4.70. The highest BCUT2D eigenvalue weighted by molar-refractivity contribution is 5.79. The van der Waals surface area contributed by atoms with Crippen molar-refractivity contribution in [1.82, 2.24) is 10.6 Å². The number of rotatable bonds is 12. The molecule has 2 aromatic rings. The predicted molar refractivity (Wildman–Crippen MR) is 124 cm³/mol. The summed E-state index contributed by atoms with van der Waals surface area (Å²) in [6, 6.07) is 12.0. The molecule has 0 aliphatic heterocycles. The fraction of sp³-hybridized carbons (Fsp3) is 0.458. The van der Waals surface area contributed by atoms with Crippen LogP contribution in [0, 0.1) is 6.92 Å². The van der Waals surface area contributed by atoms with E-state index in [9.17, 15) is 0 Å². The minimum absolute atomic E-state index is 0.515. The molecule has 7 heteroatoms. The van der Waals surface area contributed by atoms with Gasteiger partial charge in [-0.05, 0) is 50.1 Å². The van der Waals surface area contributed by atoms with Gasteiger partial charge in [0.1, 0.15) is 12.4 Å². The molecule has 0 radical (unpaired) electrons. The fourth-order valence-electron chi connectivity index (χ4n) is 2.97. The molecule has 2 rings (SSSR count). The van der Waals surface area contributed by atoms with Crippen molar-refractivity contribution in [3.8, 4) is 17.2 Å². The van der Waals surface area contributed by atoms with Gasteiger partial charge in [-0.3, -0.25) is 0 Å². The molecule has 0 aliphatic carbocycles. The van der Waals surface area contributed by atoms with Crippen molar-refractivity contribution in [3.63, 3.8) is 0 Å². The lowest BCUT2D eigenvalue weighted by Crippen LogP contribution is -2.36. The Bertz CT molecular complexity index is 840. The van der Waals surface area contributed by atoms with Crippen LogP contribution in [0.15, 0.2) is 41.4 Å². The Morgan fingerprint density at radius 2 is 1.71 bits per heavy atom. The Kier molecular flexibility index (Phi) is 10.5. The molecule has 0 heterocycles. The van der Waals surface area contributed by atoms with Crippen molar-refractivity contribution in [1.29, 1.82) is 0 Å². The zero-order valence-corrected chi connectivity index (χ0v) is 19.3. The second-order valence-electron chi connectivity index (χ2n) is 6.89. The van der Waals surface area contributed by atoms with E-state index in [4.69, 9.17) is 23.9 Å². The maximum Gasteiger partial charge on any atom is 0.191 e. The van der Waals surface area contributed by atoms with Gasteiger partial charge in [-0.25, -0.2) is 4.99 Å². The molecule has 0 amide bonds. The molecule has 0 fully saturated rings. The van der Waals surface area contributed by atoms with Crippen LogP contribution in [0.5, 0.6) is 17.2 Å². The summed E-state index contributed by atoms with van der Waals surface area (Å²) in [5.74, 6) is 3.00. The Morgan fingerprint density at radius 3 is 2.42 bits per heavy atom. The second-order valence-corrected chi connectivity index (χ2v) is 6.89. The molecule has 0 aromatic heterocycles. The van der Waals surface area contributed by atoms with Gasteiger partial charge in [-0.2, -0.15) is 0 Å².